The average Bonchev–Trinajstić information content (AvgIpc) is 3.66. The molecule has 1 saturated heterocycles. The predicted octanol–water partition coefficient (Wildman–Crippen LogP) is 3.44. The van der Waals surface area contributed by atoms with Crippen LogP contribution < -0.4 is 21.5 Å². The van der Waals surface area contributed by atoms with Gasteiger partial charge in [-0.15, -0.1) is 0 Å². The number of fused-ring (bicyclic) bond motifs is 1. The quantitative estimate of drug-likeness (QED) is 0.292. The fraction of sp³-hybridized carbons (Fsp3) is 0.200. The summed E-state index contributed by atoms with van der Waals surface area (Å²) < 4.78 is 14.9. The normalized spacial score (nSPS) is 15.1. The highest BCUT2D eigenvalue weighted by Crippen LogP contribution is 2.25. The Morgan fingerprint density at radius 3 is 2.67 bits per heavy atom. The molecule has 9 nitrogen and oxygen atoms in total. The minimum Gasteiger partial charge on any atom is -0.348 e. The lowest BCUT2D eigenvalue weighted by Gasteiger charge is -2.22. The summed E-state index contributed by atoms with van der Waals surface area (Å²) in [6, 6.07) is 18.8. The first-order chi connectivity index (χ1) is 19.4. The zero-order valence-electron chi connectivity index (χ0n) is 21.7. The van der Waals surface area contributed by atoms with Crippen molar-refractivity contribution in [2.75, 3.05) is 18.0 Å². The number of aromatic amines is 1. The second-order valence-corrected chi connectivity index (χ2v) is 10.0. The first-order valence-electron chi connectivity index (χ1n) is 13.1. The summed E-state index contributed by atoms with van der Waals surface area (Å²) in [4.78, 5) is 33.8. The van der Waals surface area contributed by atoms with Crippen LogP contribution in [-0.2, 0) is 13.1 Å². The first kappa shape index (κ1) is 25.4. The molecule has 5 aromatic rings. The van der Waals surface area contributed by atoms with Gasteiger partial charge in [0.05, 0.1) is 23.6 Å². The van der Waals surface area contributed by atoms with E-state index < -0.39 is 0 Å². The Morgan fingerprint density at radius 2 is 1.93 bits per heavy atom. The third kappa shape index (κ3) is 5.21. The zero-order valence-corrected chi connectivity index (χ0v) is 21.7. The molecule has 0 aliphatic carbocycles. The maximum absolute atomic E-state index is 14.0. The molecule has 3 heterocycles. The van der Waals surface area contributed by atoms with Crippen LogP contribution in [0.3, 0.4) is 0 Å². The third-order valence-corrected chi connectivity index (χ3v) is 7.17. The van der Waals surface area contributed by atoms with Gasteiger partial charge >= 0.3 is 0 Å². The molecule has 2 aromatic heterocycles. The second kappa shape index (κ2) is 10.7. The molecule has 202 valence electrons. The van der Waals surface area contributed by atoms with Crippen LogP contribution >= 0.6 is 0 Å². The molecule has 1 aliphatic rings. The average molecular weight is 538 g/mol. The van der Waals surface area contributed by atoms with Gasteiger partial charge in [0.15, 0.2) is 0 Å². The summed E-state index contributed by atoms with van der Waals surface area (Å²) in [7, 11) is 0. The van der Waals surface area contributed by atoms with Crippen LogP contribution in [0.15, 0.2) is 83.9 Å². The number of rotatable bonds is 7. The Kier molecular flexibility index (Phi) is 6.83. The van der Waals surface area contributed by atoms with E-state index in [4.69, 9.17) is 10.7 Å². The van der Waals surface area contributed by atoms with E-state index in [1.54, 1.807) is 47.3 Å². The largest absolute Gasteiger partial charge is 0.348 e. The molecular formula is C30H28FN7O2. The molecule has 6 rings (SSSR count). The van der Waals surface area contributed by atoms with Crippen molar-refractivity contribution < 1.29 is 9.18 Å². The Balaban J connectivity index is 1.33. The van der Waals surface area contributed by atoms with Crippen molar-refractivity contribution in [2.45, 2.75) is 25.6 Å². The van der Waals surface area contributed by atoms with Gasteiger partial charge in [0, 0.05) is 43.0 Å². The number of halogens is 1. The van der Waals surface area contributed by atoms with Crippen molar-refractivity contribution in [3.05, 3.63) is 112 Å². The Bertz CT molecular complexity index is 1730. The lowest BCUT2D eigenvalue weighted by molar-refractivity contribution is 0.0951. The van der Waals surface area contributed by atoms with Gasteiger partial charge in [-0.1, -0.05) is 30.3 Å². The molecule has 10 heteroatoms. The summed E-state index contributed by atoms with van der Waals surface area (Å²) in [5, 5.41) is 10.2. The number of carbonyl (C=O) groups is 1. The molecule has 1 unspecified atom stereocenters. The Hall–Kier alpha value is -4.83. The van der Waals surface area contributed by atoms with Crippen molar-refractivity contribution in [3.8, 4) is 11.1 Å². The number of benzene rings is 3. The van der Waals surface area contributed by atoms with Crippen molar-refractivity contribution in [2.24, 2.45) is 5.73 Å². The number of H-pyrrole nitrogens is 1. The smallest absolute Gasteiger partial charge is 0.263 e. The highest BCUT2D eigenvalue weighted by Gasteiger charge is 2.25. The molecule has 3 aromatic carbocycles. The fourth-order valence-corrected chi connectivity index (χ4v) is 5.03. The SMILES string of the molecule is NC1CCN(c2nc3ccc(-c4cn[nH]c4)cc3c(=O)n2Cc2cccc(C(=O)NCc3ccc(F)cc3)c2)C1. The van der Waals surface area contributed by atoms with Crippen LogP contribution in [0.1, 0.15) is 27.9 Å². The van der Waals surface area contributed by atoms with E-state index in [1.807, 2.05) is 24.3 Å². The number of nitrogens with one attached hydrogen (secondary N) is 2. The van der Waals surface area contributed by atoms with E-state index in [1.165, 1.54) is 12.1 Å². The van der Waals surface area contributed by atoms with Crippen LogP contribution in [0.25, 0.3) is 22.0 Å². The summed E-state index contributed by atoms with van der Waals surface area (Å²) >= 11 is 0. The lowest BCUT2D eigenvalue weighted by atomic mass is 10.1. The maximum atomic E-state index is 14.0. The van der Waals surface area contributed by atoms with E-state index in [0.29, 0.717) is 35.5 Å². The van der Waals surface area contributed by atoms with Crippen LogP contribution in [0, 0.1) is 5.82 Å². The zero-order chi connectivity index (χ0) is 27.6. The number of amides is 1. The number of carbonyl (C=O) groups excluding carboxylic acids is 1. The molecule has 1 fully saturated rings. The highest BCUT2D eigenvalue weighted by atomic mass is 19.1. The molecule has 1 aliphatic heterocycles. The van der Waals surface area contributed by atoms with Gasteiger partial charge in [0.1, 0.15) is 5.82 Å². The van der Waals surface area contributed by atoms with Gasteiger partial charge in [-0.2, -0.15) is 5.10 Å². The molecule has 40 heavy (non-hydrogen) atoms. The van der Waals surface area contributed by atoms with Gasteiger partial charge in [-0.25, -0.2) is 9.37 Å². The Morgan fingerprint density at radius 1 is 1.07 bits per heavy atom. The minimum absolute atomic E-state index is 0.0117. The number of nitrogens with two attached hydrogens (primary N) is 1. The number of aromatic nitrogens is 4. The molecule has 0 saturated carbocycles. The van der Waals surface area contributed by atoms with Crippen molar-refractivity contribution in [3.63, 3.8) is 0 Å². The van der Waals surface area contributed by atoms with Gasteiger partial charge in [-0.3, -0.25) is 19.3 Å². The molecular weight excluding hydrogens is 509 g/mol. The number of hydrogen-bond donors (Lipinski definition) is 3. The topological polar surface area (TPSA) is 122 Å². The van der Waals surface area contributed by atoms with Crippen LogP contribution in [-0.4, -0.2) is 44.8 Å². The van der Waals surface area contributed by atoms with E-state index >= 15 is 0 Å². The summed E-state index contributed by atoms with van der Waals surface area (Å²) in [5.41, 5.74) is 10.4. The second-order valence-electron chi connectivity index (χ2n) is 10.0. The van der Waals surface area contributed by atoms with Gasteiger partial charge in [-0.05, 0) is 59.5 Å². The first-order valence-corrected chi connectivity index (χ1v) is 13.1. The fourth-order valence-electron chi connectivity index (χ4n) is 5.03. The summed E-state index contributed by atoms with van der Waals surface area (Å²) in [5.74, 6) is -0.0208. The summed E-state index contributed by atoms with van der Waals surface area (Å²) in [6.07, 6.45) is 4.30. The third-order valence-electron chi connectivity index (χ3n) is 7.17. The molecule has 0 radical (unpaired) electrons. The van der Waals surface area contributed by atoms with Gasteiger partial charge in [0.25, 0.3) is 11.5 Å². The van der Waals surface area contributed by atoms with Crippen LogP contribution in [0.2, 0.25) is 0 Å². The van der Waals surface area contributed by atoms with E-state index in [9.17, 15) is 14.0 Å². The van der Waals surface area contributed by atoms with E-state index in [2.05, 4.69) is 20.4 Å². The predicted molar refractivity (Wildman–Crippen MR) is 152 cm³/mol. The number of nitrogens with zero attached hydrogens (tertiary/aromatic N) is 4. The summed E-state index contributed by atoms with van der Waals surface area (Å²) in [6.45, 7) is 1.82. The monoisotopic (exact) mass is 537 g/mol. The van der Waals surface area contributed by atoms with Crippen molar-refractivity contribution in [1.29, 1.82) is 0 Å². The number of anilines is 1. The highest BCUT2D eigenvalue weighted by molar-refractivity contribution is 5.94. The molecule has 1 atom stereocenters. The van der Waals surface area contributed by atoms with Crippen molar-refractivity contribution >= 4 is 22.8 Å². The standard InChI is InChI=1S/C30H28FN7O2/c31-24-7-4-19(5-8-24)14-33-28(39)22-3-1-2-20(12-22)17-38-29(40)26-13-21(23-15-34-35-16-23)6-9-27(26)36-30(38)37-11-10-25(32)18-37/h1-9,12-13,15-16,25H,10-11,14,17-18,32H2,(H,33,39)(H,34,35). The Labute approximate surface area is 229 Å². The number of hydrogen-bond acceptors (Lipinski definition) is 6. The minimum atomic E-state index is -0.325. The van der Waals surface area contributed by atoms with Gasteiger partial charge in [0.2, 0.25) is 5.95 Å². The maximum Gasteiger partial charge on any atom is 0.263 e. The van der Waals surface area contributed by atoms with Crippen LogP contribution in [0.4, 0.5) is 10.3 Å². The van der Waals surface area contributed by atoms with Gasteiger partial charge < -0.3 is 16.0 Å². The molecule has 4 N–H and O–H groups in total. The van der Waals surface area contributed by atoms with E-state index in [-0.39, 0.29) is 36.4 Å². The molecule has 0 spiro atoms. The van der Waals surface area contributed by atoms with E-state index in [0.717, 1.165) is 28.7 Å². The van der Waals surface area contributed by atoms with Crippen molar-refractivity contribution in [1.82, 2.24) is 25.1 Å². The molecule has 1 amide bonds. The lowest BCUT2D eigenvalue weighted by Crippen LogP contribution is -2.34. The van der Waals surface area contributed by atoms with Crippen LogP contribution in [0.5, 0.6) is 0 Å². The molecule has 0 bridgehead atoms.